The first kappa shape index (κ1) is 19.2. The monoisotopic (exact) mass is 370 g/mol. The maximum absolute atomic E-state index is 10.2. The molecule has 0 radical (unpaired) electrons. The smallest absolute Gasteiger partial charge is 0.166 e. The van der Waals surface area contributed by atoms with E-state index in [0.29, 0.717) is 17.9 Å². The van der Waals surface area contributed by atoms with E-state index in [2.05, 4.69) is 22.0 Å². The van der Waals surface area contributed by atoms with Crippen LogP contribution in [0.2, 0.25) is 0 Å². The van der Waals surface area contributed by atoms with Gasteiger partial charge in [-0.3, -0.25) is 9.89 Å². The van der Waals surface area contributed by atoms with E-state index >= 15 is 0 Å². The van der Waals surface area contributed by atoms with Gasteiger partial charge in [-0.05, 0) is 29.8 Å². The summed E-state index contributed by atoms with van der Waals surface area (Å²) < 4.78 is 15.9. The first-order valence-corrected chi connectivity index (χ1v) is 9.04. The van der Waals surface area contributed by atoms with E-state index in [4.69, 9.17) is 14.2 Å². The summed E-state index contributed by atoms with van der Waals surface area (Å²) in [4.78, 5) is 7.00. The lowest BCUT2D eigenvalue weighted by molar-refractivity contribution is 0.0180. The van der Waals surface area contributed by atoms with Crippen molar-refractivity contribution in [2.24, 2.45) is 4.99 Å². The summed E-state index contributed by atoms with van der Waals surface area (Å²) in [5.41, 5.74) is 1.83. The van der Waals surface area contributed by atoms with Crippen molar-refractivity contribution in [2.75, 3.05) is 47.1 Å². The van der Waals surface area contributed by atoms with Crippen LogP contribution in [0.25, 0.3) is 0 Å². The summed E-state index contributed by atoms with van der Waals surface area (Å²) in [6.07, 6.45) is 1.70. The first-order chi connectivity index (χ1) is 13.2. The Balaban J connectivity index is 1.78. The van der Waals surface area contributed by atoms with Crippen LogP contribution in [-0.2, 0) is 4.74 Å². The zero-order chi connectivity index (χ0) is 19.1. The fourth-order valence-corrected chi connectivity index (χ4v) is 3.21. The predicted octanol–water partition coefficient (Wildman–Crippen LogP) is 2.90. The van der Waals surface area contributed by atoms with Crippen LogP contribution in [0.1, 0.15) is 17.2 Å². The molecule has 1 heterocycles. The second kappa shape index (κ2) is 9.39. The van der Waals surface area contributed by atoms with E-state index in [1.807, 2.05) is 24.3 Å². The van der Waals surface area contributed by atoms with Crippen LogP contribution in [-0.4, -0.2) is 63.3 Å². The molecular formula is C21H26N2O4. The minimum absolute atomic E-state index is 0.108. The van der Waals surface area contributed by atoms with E-state index in [1.165, 1.54) is 12.7 Å². The molecule has 1 saturated heterocycles. The van der Waals surface area contributed by atoms with Crippen molar-refractivity contribution in [1.82, 2.24) is 4.90 Å². The van der Waals surface area contributed by atoms with Crippen LogP contribution in [0.5, 0.6) is 17.2 Å². The van der Waals surface area contributed by atoms with Crippen molar-refractivity contribution in [2.45, 2.75) is 6.04 Å². The van der Waals surface area contributed by atoms with Crippen LogP contribution < -0.4 is 9.47 Å². The molecule has 0 spiro atoms. The number of aliphatic imine (C=N–C) groups is 1. The highest BCUT2D eigenvalue weighted by Crippen LogP contribution is 2.29. The van der Waals surface area contributed by atoms with Gasteiger partial charge in [0.15, 0.2) is 11.5 Å². The average Bonchev–Trinajstić information content (AvgIpc) is 2.73. The minimum Gasteiger partial charge on any atom is -0.504 e. The third kappa shape index (κ3) is 4.78. The SMILES string of the molecule is COc1ccc([C@H](CN=Cc2cccc(OC)c2O)N2CCOCC2)cc1. The molecule has 6 heteroatoms. The summed E-state index contributed by atoms with van der Waals surface area (Å²) in [6.45, 7) is 3.79. The van der Waals surface area contributed by atoms with E-state index in [0.717, 1.165) is 32.1 Å². The van der Waals surface area contributed by atoms with Crippen molar-refractivity contribution in [3.63, 3.8) is 0 Å². The molecular weight excluding hydrogens is 344 g/mol. The minimum atomic E-state index is 0.108. The molecule has 1 N–H and O–H groups in total. The molecule has 1 atom stereocenters. The highest BCUT2D eigenvalue weighted by Gasteiger charge is 2.22. The number of rotatable bonds is 7. The highest BCUT2D eigenvalue weighted by molar-refractivity contribution is 5.84. The van der Waals surface area contributed by atoms with Crippen LogP contribution >= 0.6 is 0 Å². The lowest BCUT2D eigenvalue weighted by Crippen LogP contribution is -2.40. The molecule has 1 fully saturated rings. The number of morpholine rings is 1. The Morgan fingerprint density at radius 1 is 1.11 bits per heavy atom. The number of methoxy groups -OCH3 is 2. The van der Waals surface area contributed by atoms with Gasteiger partial charge in [0, 0.05) is 24.9 Å². The lowest BCUT2D eigenvalue weighted by atomic mass is 10.0. The summed E-state index contributed by atoms with van der Waals surface area (Å²) in [5.74, 6) is 1.39. The maximum Gasteiger partial charge on any atom is 0.166 e. The molecule has 27 heavy (non-hydrogen) atoms. The zero-order valence-corrected chi connectivity index (χ0v) is 15.8. The zero-order valence-electron chi connectivity index (χ0n) is 15.8. The van der Waals surface area contributed by atoms with E-state index < -0.39 is 0 Å². The number of aromatic hydroxyl groups is 1. The predicted molar refractivity (Wildman–Crippen MR) is 105 cm³/mol. The van der Waals surface area contributed by atoms with Crippen LogP contribution in [0.4, 0.5) is 0 Å². The van der Waals surface area contributed by atoms with Gasteiger partial charge < -0.3 is 19.3 Å². The lowest BCUT2D eigenvalue weighted by Gasteiger charge is -2.34. The van der Waals surface area contributed by atoms with Crippen molar-refractivity contribution >= 4 is 6.21 Å². The first-order valence-electron chi connectivity index (χ1n) is 9.04. The van der Waals surface area contributed by atoms with Gasteiger partial charge in [0.25, 0.3) is 0 Å². The molecule has 0 aliphatic carbocycles. The topological polar surface area (TPSA) is 63.5 Å². The quantitative estimate of drug-likeness (QED) is 0.760. The molecule has 1 aliphatic rings. The van der Waals surface area contributed by atoms with Crippen LogP contribution in [0, 0.1) is 0 Å². The van der Waals surface area contributed by atoms with E-state index in [9.17, 15) is 5.11 Å². The number of hydrogen-bond acceptors (Lipinski definition) is 6. The largest absolute Gasteiger partial charge is 0.504 e. The van der Waals surface area contributed by atoms with Gasteiger partial charge in [-0.2, -0.15) is 0 Å². The number of phenolic OH excluding ortho intramolecular Hbond substituents is 1. The van der Waals surface area contributed by atoms with E-state index in [-0.39, 0.29) is 11.8 Å². The highest BCUT2D eigenvalue weighted by atomic mass is 16.5. The maximum atomic E-state index is 10.2. The Hall–Kier alpha value is -2.57. The van der Waals surface area contributed by atoms with Gasteiger partial charge in [-0.15, -0.1) is 0 Å². The molecule has 6 nitrogen and oxygen atoms in total. The number of para-hydroxylation sites is 1. The fourth-order valence-electron chi connectivity index (χ4n) is 3.21. The fraction of sp³-hybridized carbons (Fsp3) is 0.381. The Bertz CT molecular complexity index is 755. The van der Waals surface area contributed by atoms with Gasteiger partial charge >= 0.3 is 0 Å². The Morgan fingerprint density at radius 2 is 1.85 bits per heavy atom. The third-order valence-corrected chi connectivity index (χ3v) is 4.75. The van der Waals surface area contributed by atoms with Gasteiger partial charge in [-0.25, -0.2) is 0 Å². The molecule has 144 valence electrons. The second-order valence-corrected chi connectivity index (χ2v) is 6.33. The molecule has 0 unspecified atom stereocenters. The number of hydrogen-bond donors (Lipinski definition) is 1. The van der Waals surface area contributed by atoms with Gasteiger partial charge in [0.2, 0.25) is 0 Å². The molecule has 0 amide bonds. The van der Waals surface area contributed by atoms with Crippen LogP contribution in [0.3, 0.4) is 0 Å². The Labute approximate surface area is 160 Å². The molecule has 0 bridgehead atoms. The summed E-state index contributed by atoms with van der Waals surface area (Å²) in [7, 11) is 3.20. The average molecular weight is 370 g/mol. The number of benzene rings is 2. The summed E-state index contributed by atoms with van der Waals surface area (Å²) >= 11 is 0. The van der Waals surface area contributed by atoms with Crippen molar-refractivity contribution in [1.29, 1.82) is 0 Å². The standard InChI is InChI=1S/C21H26N2O4/c1-25-18-8-6-16(7-9-18)19(23-10-12-27-13-11-23)15-22-14-17-4-3-5-20(26-2)21(17)24/h3-9,14,19,24H,10-13,15H2,1-2H3/t19-/m0/s1. The molecule has 0 aromatic heterocycles. The third-order valence-electron chi connectivity index (χ3n) is 4.75. The number of nitrogens with zero attached hydrogens (tertiary/aromatic N) is 2. The summed E-state index contributed by atoms with van der Waals surface area (Å²) in [5, 5.41) is 10.2. The molecule has 1 aliphatic heterocycles. The van der Waals surface area contributed by atoms with Crippen molar-refractivity contribution in [3.05, 3.63) is 53.6 Å². The molecule has 3 rings (SSSR count). The van der Waals surface area contributed by atoms with Gasteiger partial charge in [0.05, 0.1) is 40.0 Å². The molecule has 2 aromatic rings. The van der Waals surface area contributed by atoms with Crippen molar-refractivity contribution in [3.8, 4) is 17.2 Å². The van der Waals surface area contributed by atoms with Crippen LogP contribution in [0.15, 0.2) is 47.5 Å². The van der Waals surface area contributed by atoms with Gasteiger partial charge in [0.1, 0.15) is 5.75 Å². The second-order valence-electron chi connectivity index (χ2n) is 6.33. The molecule has 2 aromatic carbocycles. The Morgan fingerprint density at radius 3 is 2.52 bits per heavy atom. The number of phenols is 1. The number of ether oxygens (including phenoxy) is 3. The van der Waals surface area contributed by atoms with Crippen molar-refractivity contribution < 1.29 is 19.3 Å². The normalized spacial score (nSPS) is 16.4. The summed E-state index contributed by atoms with van der Waals surface area (Å²) in [6, 6.07) is 13.6. The van der Waals surface area contributed by atoms with E-state index in [1.54, 1.807) is 19.4 Å². The Kier molecular flexibility index (Phi) is 6.68. The van der Waals surface area contributed by atoms with Gasteiger partial charge in [-0.1, -0.05) is 18.2 Å². The molecule has 0 saturated carbocycles.